The maximum absolute atomic E-state index is 12.8. The maximum Gasteiger partial charge on any atom is 0.278 e. The molecule has 0 atom stereocenters. The molecule has 0 radical (unpaired) electrons. The highest BCUT2D eigenvalue weighted by Gasteiger charge is 2.16. The first-order valence-corrected chi connectivity index (χ1v) is 8.35. The second-order valence-corrected chi connectivity index (χ2v) is 6.56. The normalized spacial score (nSPS) is 14.3. The number of nitrogens with one attached hydrogen (secondary N) is 1. The molecule has 4 rings (SSSR count). The lowest BCUT2D eigenvalue weighted by molar-refractivity contribution is 0.835. The van der Waals surface area contributed by atoms with Crippen LogP contribution >= 0.6 is 15.9 Å². The summed E-state index contributed by atoms with van der Waals surface area (Å²) in [6, 6.07) is 15.5. The Morgan fingerprint density at radius 2 is 1.96 bits per heavy atom. The molecular weight excluding hydrogens is 366 g/mol. The van der Waals surface area contributed by atoms with E-state index in [4.69, 9.17) is 0 Å². The Labute approximate surface area is 147 Å². The summed E-state index contributed by atoms with van der Waals surface area (Å²) in [6.45, 7) is 1.90. The molecule has 1 aliphatic rings. The van der Waals surface area contributed by atoms with E-state index < -0.39 is 0 Å². The summed E-state index contributed by atoms with van der Waals surface area (Å²) in [5, 5.41) is 3.14. The van der Waals surface area contributed by atoms with Crippen LogP contribution in [-0.2, 0) is 0 Å². The minimum Gasteiger partial charge on any atom is -0.295 e. The predicted molar refractivity (Wildman–Crippen MR) is 101 cm³/mol. The number of aryl methyl sites for hydroxylation is 1. The minimum atomic E-state index is -0.0666. The van der Waals surface area contributed by atoms with E-state index in [-0.39, 0.29) is 5.56 Å². The zero-order valence-corrected chi connectivity index (χ0v) is 14.5. The number of fused-ring (bicyclic) bond motifs is 1. The Morgan fingerprint density at radius 3 is 2.75 bits per heavy atom. The number of aliphatic imine (C=N–C) groups is 1. The number of halogens is 1. The lowest BCUT2D eigenvalue weighted by atomic mass is 10.0. The van der Waals surface area contributed by atoms with Crippen molar-refractivity contribution in [1.29, 1.82) is 0 Å². The zero-order chi connectivity index (χ0) is 16.7. The molecule has 0 bridgehead atoms. The third kappa shape index (κ3) is 2.47. The Hall–Kier alpha value is -2.66. The van der Waals surface area contributed by atoms with Gasteiger partial charge in [0.1, 0.15) is 0 Å². The Kier molecular flexibility index (Phi) is 3.58. The van der Waals surface area contributed by atoms with Crippen molar-refractivity contribution < 1.29 is 0 Å². The van der Waals surface area contributed by atoms with Gasteiger partial charge in [0.2, 0.25) is 0 Å². The minimum absolute atomic E-state index is 0.0666. The van der Waals surface area contributed by atoms with Gasteiger partial charge in [-0.15, -0.1) is 0 Å². The first-order valence-electron chi connectivity index (χ1n) is 7.56. The summed E-state index contributed by atoms with van der Waals surface area (Å²) >= 11 is 3.49. The fraction of sp³-hybridized carbons (Fsp3) is 0.0526. The number of hydrogen-bond acceptors (Lipinski definition) is 2. The second kappa shape index (κ2) is 5.76. The van der Waals surface area contributed by atoms with Crippen molar-refractivity contribution in [3.05, 3.63) is 80.2 Å². The smallest absolute Gasteiger partial charge is 0.278 e. The molecule has 3 aromatic rings. The van der Waals surface area contributed by atoms with Gasteiger partial charge < -0.3 is 0 Å². The van der Waals surface area contributed by atoms with Crippen molar-refractivity contribution >= 4 is 39.5 Å². The third-order valence-corrected chi connectivity index (χ3v) is 4.54. The van der Waals surface area contributed by atoms with Crippen molar-refractivity contribution in [2.75, 3.05) is 0 Å². The standard InChI is InChI=1S/C19H14BrN3O/c1-12-16(19(24)23(22-12)15-5-3-2-4-6-15)9-13-11-21-18-8-7-14(20)10-17(13)18/h2-11,22H,1H3. The summed E-state index contributed by atoms with van der Waals surface area (Å²) in [5.41, 5.74) is 5.10. The van der Waals surface area contributed by atoms with Gasteiger partial charge >= 0.3 is 0 Å². The fourth-order valence-corrected chi connectivity index (χ4v) is 3.18. The average Bonchev–Trinajstić information content (AvgIpc) is 3.11. The van der Waals surface area contributed by atoms with Gasteiger partial charge in [-0.1, -0.05) is 34.1 Å². The van der Waals surface area contributed by atoms with Crippen LogP contribution in [0, 0.1) is 6.92 Å². The van der Waals surface area contributed by atoms with Crippen LogP contribution in [0.4, 0.5) is 5.69 Å². The number of H-pyrrole nitrogens is 1. The van der Waals surface area contributed by atoms with Crippen LogP contribution in [0.25, 0.3) is 17.3 Å². The van der Waals surface area contributed by atoms with Crippen LogP contribution in [-0.4, -0.2) is 16.0 Å². The van der Waals surface area contributed by atoms with E-state index in [1.54, 1.807) is 10.9 Å². The van der Waals surface area contributed by atoms with Gasteiger partial charge in [0, 0.05) is 27.5 Å². The van der Waals surface area contributed by atoms with E-state index >= 15 is 0 Å². The SMILES string of the molecule is Cc1[nH]n(-c2ccccc2)c(=O)c1C=C1C=Nc2ccc(Br)cc21. The second-order valence-electron chi connectivity index (χ2n) is 5.65. The van der Waals surface area contributed by atoms with Gasteiger partial charge in [0.05, 0.1) is 16.9 Å². The molecule has 5 heteroatoms. The third-order valence-electron chi connectivity index (χ3n) is 4.04. The van der Waals surface area contributed by atoms with Gasteiger partial charge in [-0.3, -0.25) is 14.9 Å². The van der Waals surface area contributed by atoms with Crippen molar-refractivity contribution in [3.63, 3.8) is 0 Å². The molecule has 1 aliphatic heterocycles. The molecule has 4 nitrogen and oxygen atoms in total. The molecule has 0 amide bonds. The van der Waals surface area contributed by atoms with Crippen molar-refractivity contribution in [2.45, 2.75) is 6.92 Å². The summed E-state index contributed by atoms with van der Waals surface area (Å²) in [6.07, 6.45) is 3.70. The van der Waals surface area contributed by atoms with Gasteiger partial charge in [-0.2, -0.15) is 0 Å². The molecule has 2 aromatic carbocycles. The summed E-state index contributed by atoms with van der Waals surface area (Å²) in [7, 11) is 0. The maximum atomic E-state index is 12.8. The van der Waals surface area contributed by atoms with E-state index in [0.717, 1.165) is 32.7 Å². The molecule has 2 heterocycles. The van der Waals surface area contributed by atoms with Crippen LogP contribution in [0.3, 0.4) is 0 Å². The molecule has 1 aromatic heterocycles. The number of benzene rings is 2. The van der Waals surface area contributed by atoms with Crippen molar-refractivity contribution in [3.8, 4) is 5.69 Å². The predicted octanol–water partition coefficient (Wildman–Crippen LogP) is 4.49. The molecule has 0 saturated carbocycles. The average molecular weight is 380 g/mol. The van der Waals surface area contributed by atoms with Gasteiger partial charge in [-0.05, 0) is 43.3 Å². The first-order chi connectivity index (χ1) is 11.6. The van der Waals surface area contributed by atoms with E-state index in [9.17, 15) is 4.79 Å². The van der Waals surface area contributed by atoms with Crippen LogP contribution in [0.2, 0.25) is 0 Å². The van der Waals surface area contributed by atoms with Gasteiger partial charge in [0.25, 0.3) is 5.56 Å². The number of hydrogen-bond donors (Lipinski definition) is 1. The highest BCUT2D eigenvalue weighted by molar-refractivity contribution is 9.10. The Balaban J connectivity index is 1.83. The monoisotopic (exact) mass is 379 g/mol. The fourth-order valence-electron chi connectivity index (χ4n) is 2.82. The molecule has 1 N–H and O–H groups in total. The summed E-state index contributed by atoms with van der Waals surface area (Å²) in [4.78, 5) is 17.2. The number of nitrogens with zero attached hydrogens (tertiary/aromatic N) is 2. The van der Waals surface area contributed by atoms with Gasteiger partial charge in [0.15, 0.2) is 0 Å². The number of para-hydroxylation sites is 1. The van der Waals surface area contributed by atoms with E-state index in [1.165, 1.54) is 0 Å². The van der Waals surface area contributed by atoms with E-state index in [1.807, 2.05) is 61.5 Å². The zero-order valence-electron chi connectivity index (χ0n) is 13.0. The topological polar surface area (TPSA) is 50.1 Å². The highest BCUT2D eigenvalue weighted by atomic mass is 79.9. The largest absolute Gasteiger partial charge is 0.295 e. The lowest BCUT2D eigenvalue weighted by Crippen LogP contribution is -2.15. The molecular formula is C19H14BrN3O. The van der Waals surface area contributed by atoms with Crippen LogP contribution in [0.5, 0.6) is 0 Å². The molecule has 0 aliphatic carbocycles. The quantitative estimate of drug-likeness (QED) is 0.700. The highest BCUT2D eigenvalue weighted by Crippen LogP contribution is 2.34. The molecule has 0 fully saturated rings. The van der Waals surface area contributed by atoms with Gasteiger partial charge in [-0.25, -0.2) is 4.68 Å². The Morgan fingerprint density at radius 1 is 1.17 bits per heavy atom. The summed E-state index contributed by atoms with van der Waals surface area (Å²) < 4.78 is 2.56. The molecule has 0 unspecified atom stereocenters. The van der Waals surface area contributed by atoms with E-state index in [0.29, 0.717) is 5.56 Å². The molecule has 0 spiro atoms. The number of allylic oxidation sites excluding steroid dienone is 1. The Bertz CT molecular complexity index is 1040. The number of rotatable bonds is 2. The molecule has 24 heavy (non-hydrogen) atoms. The van der Waals surface area contributed by atoms with Crippen LogP contribution < -0.4 is 5.56 Å². The first kappa shape index (κ1) is 14.9. The van der Waals surface area contributed by atoms with Crippen LogP contribution in [0.15, 0.2) is 62.8 Å². The number of aromatic nitrogens is 2. The van der Waals surface area contributed by atoms with Crippen molar-refractivity contribution in [1.82, 2.24) is 9.78 Å². The summed E-state index contributed by atoms with van der Waals surface area (Å²) in [5.74, 6) is 0. The number of aromatic amines is 1. The molecule has 118 valence electrons. The van der Waals surface area contributed by atoms with E-state index in [2.05, 4.69) is 26.0 Å². The lowest BCUT2D eigenvalue weighted by Gasteiger charge is -2.00. The van der Waals surface area contributed by atoms with Crippen molar-refractivity contribution in [2.24, 2.45) is 4.99 Å². The van der Waals surface area contributed by atoms with Crippen LogP contribution in [0.1, 0.15) is 16.8 Å². The molecule has 0 saturated heterocycles.